The lowest BCUT2D eigenvalue weighted by molar-refractivity contribution is 0.0788. The Labute approximate surface area is 104 Å². The van der Waals surface area contributed by atoms with Gasteiger partial charge in [-0.15, -0.1) is 0 Å². The van der Waals surface area contributed by atoms with Crippen molar-refractivity contribution in [3.63, 3.8) is 0 Å². The van der Waals surface area contributed by atoms with Crippen LogP contribution < -0.4 is 11.3 Å². The van der Waals surface area contributed by atoms with Gasteiger partial charge in [0.25, 0.3) is 11.5 Å². The van der Waals surface area contributed by atoms with E-state index in [1.165, 1.54) is 0 Å². The fourth-order valence-corrected chi connectivity index (χ4v) is 1.93. The molecule has 3 N–H and O–H groups in total. The third-order valence-electron chi connectivity index (χ3n) is 2.72. The maximum atomic E-state index is 12.0. The molecule has 0 fully saturated rings. The van der Waals surface area contributed by atoms with E-state index >= 15 is 0 Å². The molecule has 0 bridgehead atoms. The number of carbonyl (C=O) groups excluding carboxylic acids is 1. The molecule has 0 saturated heterocycles. The molecule has 1 amide bonds. The van der Waals surface area contributed by atoms with Crippen LogP contribution in [0.2, 0.25) is 0 Å². The topological polar surface area (TPSA) is 92.1 Å². The highest BCUT2D eigenvalue weighted by Gasteiger charge is 2.31. The Balaban J connectivity index is 2.31. The van der Waals surface area contributed by atoms with Gasteiger partial charge in [-0.2, -0.15) is 0 Å². The number of amides is 1. The summed E-state index contributed by atoms with van der Waals surface area (Å²) in [6.07, 6.45) is 3.48. The second kappa shape index (κ2) is 4.48. The molecule has 0 unspecified atom stereocenters. The summed E-state index contributed by atoms with van der Waals surface area (Å²) in [6, 6.07) is 0. The van der Waals surface area contributed by atoms with Gasteiger partial charge >= 0.3 is 0 Å². The Bertz CT molecular complexity index is 601. The number of fused-ring (bicyclic) bond motifs is 1. The van der Waals surface area contributed by atoms with Gasteiger partial charge in [0.2, 0.25) is 5.95 Å². The lowest BCUT2D eigenvalue weighted by Crippen LogP contribution is -2.26. The van der Waals surface area contributed by atoms with E-state index in [2.05, 4.69) is 16.5 Å². The molecule has 0 spiro atoms. The molecule has 18 heavy (non-hydrogen) atoms. The number of hydrogen-bond acceptors (Lipinski definition) is 4. The zero-order valence-corrected chi connectivity index (χ0v) is 10.1. The van der Waals surface area contributed by atoms with Gasteiger partial charge in [0.05, 0.1) is 12.1 Å². The van der Waals surface area contributed by atoms with Gasteiger partial charge < -0.3 is 10.6 Å². The van der Waals surface area contributed by atoms with Gasteiger partial charge in [-0.1, -0.05) is 24.3 Å². The van der Waals surface area contributed by atoms with Crippen LogP contribution in [0.5, 0.6) is 0 Å². The highest BCUT2D eigenvalue weighted by atomic mass is 16.2. The first-order valence-electron chi connectivity index (χ1n) is 5.49. The van der Waals surface area contributed by atoms with E-state index < -0.39 is 0 Å². The second-order valence-corrected chi connectivity index (χ2v) is 4.19. The molecule has 6 heteroatoms. The lowest BCUT2D eigenvalue weighted by Gasteiger charge is -2.14. The Morgan fingerprint density at radius 2 is 2.33 bits per heavy atom. The van der Waals surface area contributed by atoms with E-state index in [0.29, 0.717) is 12.1 Å². The Kier molecular flexibility index (Phi) is 3.01. The molecule has 0 saturated carbocycles. The molecule has 0 aliphatic carbocycles. The molecular weight excluding hydrogens is 232 g/mol. The van der Waals surface area contributed by atoms with Crippen molar-refractivity contribution in [1.82, 2.24) is 14.9 Å². The van der Waals surface area contributed by atoms with E-state index in [9.17, 15) is 9.59 Å². The lowest BCUT2D eigenvalue weighted by atomic mass is 10.2. The van der Waals surface area contributed by atoms with E-state index in [-0.39, 0.29) is 29.7 Å². The molecule has 1 aromatic heterocycles. The minimum Gasteiger partial charge on any atom is -0.369 e. The largest absolute Gasteiger partial charge is 0.369 e. The molecule has 0 radical (unpaired) electrons. The fraction of sp³-hybridized carbons (Fsp3) is 0.250. The Morgan fingerprint density at radius 1 is 1.61 bits per heavy atom. The summed E-state index contributed by atoms with van der Waals surface area (Å²) in [7, 11) is 0. The van der Waals surface area contributed by atoms with Crippen LogP contribution in [-0.2, 0) is 6.54 Å². The van der Waals surface area contributed by atoms with Crippen molar-refractivity contribution in [1.29, 1.82) is 0 Å². The Morgan fingerprint density at radius 3 is 3.00 bits per heavy atom. The van der Waals surface area contributed by atoms with Gasteiger partial charge in [-0.3, -0.25) is 14.6 Å². The number of nitrogens with zero attached hydrogens (tertiary/aromatic N) is 2. The summed E-state index contributed by atoms with van der Waals surface area (Å²) in [5.74, 6) is -0.299. The van der Waals surface area contributed by atoms with Crippen LogP contribution in [0.15, 0.2) is 29.1 Å². The molecule has 94 valence electrons. The van der Waals surface area contributed by atoms with Crippen LogP contribution in [-0.4, -0.2) is 27.3 Å². The van der Waals surface area contributed by atoms with E-state index in [0.717, 1.165) is 5.57 Å². The molecule has 0 atom stereocenters. The van der Waals surface area contributed by atoms with Crippen LogP contribution in [0.25, 0.3) is 0 Å². The predicted octanol–water partition coefficient (Wildman–Crippen LogP) is 0.440. The minimum atomic E-state index is -0.348. The summed E-state index contributed by atoms with van der Waals surface area (Å²) in [6.45, 7) is 6.20. The normalized spacial score (nSPS) is 14.8. The number of nitrogens with two attached hydrogens (primary N) is 1. The molecule has 2 rings (SSSR count). The molecular formula is C12H14N4O2. The number of nitrogen functional groups attached to an aromatic ring is 1. The first-order chi connectivity index (χ1) is 8.52. The number of aromatic nitrogens is 2. The average molecular weight is 246 g/mol. The smallest absolute Gasteiger partial charge is 0.273 e. The predicted molar refractivity (Wildman–Crippen MR) is 68.0 cm³/mol. The average Bonchev–Trinajstić information content (AvgIpc) is 2.58. The van der Waals surface area contributed by atoms with Gasteiger partial charge in [0.1, 0.15) is 5.69 Å². The van der Waals surface area contributed by atoms with E-state index in [1.54, 1.807) is 11.0 Å². The quantitative estimate of drug-likeness (QED) is 0.757. The maximum Gasteiger partial charge on any atom is 0.273 e. The van der Waals surface area contributed by atoms with E-state index in [1.807, 2.05) is 13.0 Å². The summed E-state index contributed by atoms with van der Waals surface area (Å²) in [4.78, 5) is 31.5. The van der Waals surface area contributed by atoms with Gasteiger partial charge in [-0.25, -0.2) is 4.98 Å². The van der Waals surface area contributed by atoms with Crippen LogP contribution in [0.3, 0.4) is 0 Å². The molecule has 1 aliphatic heterocycles. The van der Waals surface area contributed by atoms with Crippen molar-refractivity contribution >= 4 is 11.9 Å². The zero-order valence-electron chi connectivity index (χ0n) is 10.1. The van der Waals surface area contributed by atoms with Gasteiger partial charge in [0.15, 0.2) is 0 Å². The monoisotopic (exact) mass is 246 g/mol. The first kappa shape index (κ1) is 12.1. The van der Waals surface area contributed by atoms with Gasteiger partial charge in [-0.05, 0) is 6.92 Å². The SMILES string of the molecule is C=CC=C(C)CN1Cc2c(nc(N)[nH]c2=O)C1=O. The number of anilines is 1. The number of aromatic amines is 1. The molecule has 2 heterocycles. The number of allylic oxidation sites excluding steroid dienone is 2. The highest BCUT2D eigenvalue weighted by Crippen LogP contribution is 2.19. The maximum absolute atomic E-state index is 12.0. The fourth-order valence-electron chi connectivity index (χ4n) is 1.93. The zero-order chi connectivity index (χ0) is 13.3. The van der Waals surface area contributed by atoms with E-state index in [4.69, 9.17) is 5.73 Å². The third-order valence-corrected chi connectivity index (χ3v) is 2.72. The van der Waals surface area contributed by atoms with Crippen molar-refractivity contribution in [2.24, 2.45) is 0 Å². The third kappa shape index (κ3) is 2.04. The van der Waals surface area contributed by atoms with Crippen LogP contribution in [0, 0.1) is 0 Å². The Hall–Kier alpha value is -2.37. The number of nitrogens with one attached hydrogen (secondary N) is 1. The van der Waals surface area contributed by atoms with Crippen molar-refractivity contribution in [3.05, 3.63) is 45.9 Å². The number of carbonyl (C=O) groups is 1. The standard InChI is InChI=1S/C12H14N4O2/c1-3-4-7(2)5-16-6-8-9(11(16)18)14-12(13)15-10(8)17/h3-4H,1,5-6H2,2H3,(H3,13,14,15,17). The number of H-pyrrole nitrogens is 1. The first-order valence-corrected chi connectivity index (χ1v) is 5.49. The van der Waals surface area contributed by atoms with Crippen molar-refractivity contribution in [2.45, 2.75) is 13.5 Å². The van der Waals surface area contributed by atoms with Crippen molar-refractivity contribution < 1.29 is 4.79 Å². The van der Waals surface area contributed by atoms with Crippen molar-refractivity contribution in [3.8, 4) is 0 Å². The second-order valence-electron chi connectivity index (χ2n) is 4.19. The molecule has 1 aromatic rings. The highest BCUT2D eigenvalue weighted by molar-refractivity contribution is 5.96. The summed E-state index contributed by atoms with van der Waals surface area (Å²) >= 11 is 0. The summed E-state index contributed by atoms with van der Waals surface area (Å²) in [5, 5.41) is 0. The van der Waals surface area contributed by atoms with Gasteiger partial charge in [0, 0.05) is 6.54 Å². The van der Waals surface area contributed by atoms with Crippen LogP contribution in [0.4, 0.5) is 5.95 Å². The van der Waals surface area contributed by atoms with Crippen molar-refractivity contribution in [2.75, 3.05) is 12.3 Å². The van der Waals surface area contributed by atoms with Crippen LogP contribution >= 0.6 is 0 Å². The number of hydrogen-bond donors (Lipinski definition) is 2. The summed E-state index contributed by atoms with van der Waals surface area (Å²) < 4.78 is 0. The van der Waals surface area contributed by atoms with Crippen LogP contribution in [0.1, 0.15) is 23.0 Å². The molecule has 6 nitrogen and oxygen atoms in total. The summed E-state index contributed by atoms with van der Waals surface area (Å²) in [5.41, 5.74) is 6.59. The number of rotatable bonds is 3. The minimum absolute atomic E-state index is 0.0349. The molecule has 0 aromatic carbocycles. The molecule has 1 aliphatic rings.